The summed E-state index contributed by atoms with van der Waals surface area (Å²) in [6.07, 6.45) is 1.02. The fourth-order valence-corrected chi connectivity index (χ4v) is 2.86. The number of hydrogen-bond acceptors (Lipinski definition) is 4. The first-order valence-corrected chi connectivity index (χ1v) is 6.54. The molecule has 1 rings (SSSR count). The van der Waals surface area contributed by atoms with Gasteiger partial charge in [-0.25, -0.2) is 4.79 Å². The van der Waals surface area contributed by atoms with Gasteiger partial charge in [0, 0.05) is 23.6 Å². The lowest BCUT2D eigenvalue weighted by atomic mass is 10.1. The maximum Gasteiger partial charge on any atom is 0.336 e. The molecule has 0 aliphatic carbocycles. The zero-order valence-corrected chi connectivity index (χ0v) is 11.0. The van der Waals surface area contributed by atoms with Crippen molar-refractivity contribution in [1.29, 1.82) is 0 Å². The number of aliphatic hydroxyl groups is 1. The highest BCUT2D eigenvalue weighted by atomic mass is 32.2. The Labute approximate surface area is 101 Å². The normalized spacial score (nSPS) is 25.8. The highest BCUT2D eigenvalue weighted by Gasteiger charge is 2.33. The molecule has 1 atom stereocenters. The molecule has 1 saturated heterocycles. The first-order valence-electron chi connectivity index (χ1n) is 5.55. The first kappa shape index (κ1) is 13.8. The number of β-amino-alcohol motifs (C(OH)–C–C–N with tert-alkyl or cyclic N) is 1. The van der Waals surface area contributed by atoms with E-state index in [-0.39, 0.29) is 11.3 Å². The van der Waals surface area contributed by atoms with Crippen LogP contribution in [0.2, 0.25) is 0 Å². The van der Waals surface area contributed by atoms with Crippen LogP contribution in [0.5, 0.6) is 0 Å². The minimum absolute atomic E-state index is 0.207. The molecule has 0 radical (unpaired) electrons. The van der Waals surface area contributed by atoms with Crippen LogP contribution in [0.1, 0.15) is 27.2 Å². The third-order valence-corrected chi connectivity index (χ3v) is 4.29. The van der Waals surface area contributed by atoms with Crippen LogP contribution < -0.4 is 0 Å². The van der Waals surface area contributed by atoms with E-state index in [9.17, 15) is 9.90 Å². The second kappa shape index (κ2) is 4.94. The molecule has 5 heteroatoms. The van der Waals surface area contributed by atoms with E-state index in [0.29, 0.717) is 0 Å². The standard InChI is InChI=1S/C11H21NO3S/c1-10(2)4-5-12(6-7-16-10)8-11(3,15)9(13)14/h15H,4-8H2,1-3H3,(H,13,14). The smallest absolute Gasteiger partial charge is 0.336 e. The molecule has 0 aromatic heterocycles. The number of thioether (sulfide) groups is 1. The Morgan fingerprint density at radius 1 is 1.50 bits per heavy atom. The molecule has 0 bridgehead atoms. The Kier molecular flexibility index (Phi) is 4.26. The van der Waals surface area contributed by atoms with Crippen molar-refractivity contribution >= 4 is 17.7 Å². The Balaban J connectivity index is 2.53. The monoisotopic (exact) mass is 247 g/mol. The van der Waals surface area contributed by atoms with E-state index in [2.05, 4.69) is 13.8 Å². The summed E-state index contributed by atoms with van der Waals surface area (Å²) in [6, 6.07) is 0. The summed E-state index contributed by atoms with van der Waals surface area (Å²) in [5, 5.41) is 18.6. The van der Waals surface area contributed by atoms with E-state index < -0.39 is 11.6 Å². The summed E-state index contributed by atoms with van der Waals surface area (Å²) >= 11 is 1.91. The second-order valence-electron chi connectivity index (χ2n) is 5.21. The number of carboxylic acid groups (broad SMARTS) is 1. The van der Waals surface area contributed by atoms with Gasteiger partial charge in [-0.1, -0.05) is 13.8 Å². The minimum Gasteiger partial charge on any atom is -0.479 e. The van der Waals surface area contributed by atoms with Crippen LogP contribution in [-0.4, -0.2) is 56.8 Å². The van der Waals surface area contributed by atoms with Gasteiger partial charge in [0.05, 0.1) is 0 Å². The van der Waals surface area contributed by atoms with Crippen molar-refractivity contribution in [2.24, 2.45) is 0 Å². The number of nitrogens with zero attached hydrogens (tertiary/aromatic N) is 1. The number of aliphatic carboxylic acids is 1. The van der Waals surface area contributed by atoms with E-state index >= 15 is 0 Å². The third-order valence-electron chi connectivity index (χ3n) is 2.92. The molecule has 1 unspecified atom stereocenters. The molecule has 1 heterocycles. The largest absolute Gasteiger partial charge is 0.479 e. The van der Waals surface area contributed by atoms with E-state index in [1.807, 2.05) is 16.7 Å². The third kappa shape index (κ3) is 3.96. The van der Waals surface area contributed by atoms with E-state index in [1.54, 1.807) is 0 Å². The molecule has 0 aromatic carbocycles. The second-order valence-corrected chi connectivity index (χ2v) is 7.02. The zero-order chi connectivity index (χ0) is 12.4. The quantitative estimate of drug-likeness (QED) is 0.780. The number of rotatable bonds is 3. The van der Waals surface area contributed by atoms with Gasteiger partial charge >= 0.3 is 5.97 Å². The fourth-order valence-electron chi connectivity index (χ4n) is 1.72. The van der Waals surface area contributed by atoms with Crippen molar-refractivity contribution < 1.29 is 15.0 Å². The number of carbonyl (C=O) groups is 1. The van der Waals surface area contributed by atoms with Gasteiger partial charge in [-0.3, -0.25) is 4.90 Å². The Bertz CT molecular complexity index is 266. The highest BCUT2D eigenvalue weighted by molar-refractivity contribution is 8.00. The van der Waals surface area contributed by atoms with Gasteiger partial charge in [0.15, 0.2) is 5.60 Å². The van der Waals surface area contributed by atoms with Gasteiger partial charge < -0.3 is 10.2 Å². The van der Waals surface area contributed by atoms with Gasteiger partial charge in [-0.15, -0.1) is 0 Å². The summed E-state index contributed by atoms with van der Waals surface area (Å²) < 4.78 is 0.254. The molecule has 16 heavy (non-hydrogen) atoms. The lowest BCUT2D eigenvalue weighted by Crippen LogP contribution is -2.47. The molecule has 0 amide bonds. The van der Waals surface area contributed by atoms with Gasteiger partial charge in [0.25, 0.3) is 0 Å². The Morgan fingerprint density at radius 3 is 2.69 bits per heavy atom. The molecule has 1 fully saturated rings. The SMILES string of the molecule is CC1(C)CCN(CC(C)(O)C(=O)O)CCS1. The fraction of sp³-hybridized carbons (Fsp3) is 0.909. The van der Waals surface area contributed by atoms with Crippen molar-refractivity contribution in [3.63, 3.8) is 0 Å². The lowest BCUT2D eigenvalue weighted by Gasteiger charge is -2.27. The first-order chi connectivity index (χ1) is 7.23. The zero-order valence-electron chi connectivity index (χ0n) is 10.2. The average Bonchev–Trinajstić information content (AvgIpc) is 2.27. The lowest BCUT2D eigenvalue weighted by molar-refractivity contribution is -0.158. The number of hydrogen-bond donors (Lipinski definition) is 2. The van der Waals surface area contributed by atoms with Crippen LogP contribution >= 0.6 is 11.8 Å². The maximum atomic E-state index is 10.8. The van der Waals surface area contributed by atoms with Crippen molar-refractivity contribution in [1.82, 2.24) is 4.90 Å². The van der Waals surface area contributed by atoms with Gasteiger partial charge in [0.2, 0.25) is 0 Å². The van der Waals surface area contributed by atoms with Gasteiger partial charge in [0.1, 0.15) is 0 Å². The molecule has 1 aliphatic rings. The molecular formula is C11H21NO3S. The topological polar surface area (TPSA) is 60.8 Å². The summed E-state index contributed by atoms with van der Waals surface area (Å²) in [7, 11) is 0. The number of carboxylic acids is 1. The van der Waals surface area contributed by atoms with Crippen LogP contribution in [0.3, 0.4) is 0 Å². The van der Waals surface area contributed by atoms with Gasteiger partial charge in [-0.05, 0) is 19.9 Å². The van der Waals surface area contributed by atoms with Crippen LogP contribution in [0.15, 0.2) is 0 Å². The molecule has 94 valence electrons. The maximum absolute atomic E-state index is 10.8. The molecule has 0 aromatic rings. The van der Waals surface area contributed by atoms with Crippen LogP contribution in [0.25, 0.3) is 0 Å². The van der Waals surface area contributed by atoms with Crippen LogP contribution in [0.4, 0.5) is 0 Å². The summed E-state index contributed by atoms with van der Waals surface area (Å²) in [5.41, 5.74) is -1.64. The highest BCUT2D eigenvalue weighted by Crippen LogP contribution is 2.30. The molecule has 4 nitrogen and oxygen atoms in total. The molecule has 0 spiro atoms. The van der Waals surface area contributed by atoms with E-state index in [0.717, 1.165) is 25.3 Å². The summed E-state index contributed by atoms with van der Waals surface area (Å²) in [6.45, 7) is 7.67. The average molecular weight is 247 g/mol. The minimum atomic E-state index is -1.64. The predicted octanol–water partition coefficient (Wildman–Crippen LogP) is 1.04. The van der Waals surface area contributed by atoms with Crippen molar-refractivity contribution in [2.75, 3.05) is 25.4 Å². The van der Waals surface area contributed by atoms with E-state index in [1.165, 1.54) is 6.92 Å². The van der Waals surface area contributed by atoms with Gasteiger partial charge in [-0.2, -0.15) is 11.8 Å². The molecule has 0 saturated carbocycles. The molecular weight excluding hydrogens is 226 g/mol. The summed E-state index contributed by atoms with van der Waals surface area (Å²) in [4.78, 5) is 12.9. The van der Waals surface area contributed by atoms with E-state index in [4.69, 9.17) is 5.11 Å². The predicted molar refractivity (Wildman–Crippen MR) is 65.9 cm³/mol. The van der Waals surface area contributed by atoms with Crippen molar-refractivity contribution in [2.45, 2.75) is 37.5 Å². The Hall–Kier alpha value is -0.260. The summed E-state index contributed by atoms with van der Waals surface area (Å²) in [5.74, 6) is -0.161. The van der Waals surface area contributed by atoms with Crippen LogP contribution in [-0.2, 0) is 4.79 Å². The van der Waals surface area contributed by atoms with Crippen molar-refractivity contribution in [3.8, 4) is 0 Å². The molecule has 2 N–H and O–H groups in total. The Morgan fingerprint density at radius 2 is 2.12 bits per heavy atom. The van der Waals surface area contributed by atoms with Crippen molar-refractivity contribution in [3.05, 3.63) is 0 Å². The van der Waals surface area contributed by atoms with Crippen LogP contribution in [0, 0.1) is 0 Å². The molecule has 1 aliphatic heterocycles.